The lowest BCUT2D eigenvalue weighted by Crippen LogP contribution is -2.14. The standard InChI is InChI=1S/C19H20N4O2/c1-12-6-4-5-7-17(12)23-18(10-13(2)22-23)21-16-9-8-14(25-3)11-15(16)19(20)24/h4-11,21H,1-3H3,(H2,20,24). The minimum absolute atomic E-state index is 0.356. The number of carbonyl (C=O) groups excluding carboxylic acids is 1. The first-order valence-electron chi connectivity index (χ1n) is 7.87. The lowest BCUT2D eigenvalue weighted by molar-refractivity contribution is 0.100. The molecule has 0 bridgehead atoms. The molecular weight excluding hydrogens is 316 g/mol. The summed E-state index contributed by atoms with van der Waals surface area (Å²) < 4.78 is 6.99. The quantitative estimate of drug-likeness (QED) is 0.748. The molecule has 0 saturated heterocycles. The van der Waals surface area contributed by atoms with Gasteiger partial charge >= 0.3 is 0 Å². The number of methoxy groups -OCH3 is 1. The maximum absolute atomic E-state index is 11.8. The van der Waals surface area contributed by atoms with Gasteiger partial charge in [-0.3, -0.25) is 4.79 Å². The largest absolute Gasteiger partial charge is 0.497 e. The van der Waals surface area contributed by atoms with Crippen molar-refractivity contribution in [1.29, 1.82) is 0 Å². The SMILES string of the molecule is COc1ccc(Nc2cc(C)nn2-c2ccccc2C)c(C(N)=O)c1. The van der Waals surface area contributed by atoms with Crippen molar-refractivity contribution in [2.75, 3.05) is 12.4 Å². The first-order chi connectivity index (χ1) is 12.0. The van der Waals surface area contributed by atoms with E-state index in [2.05, 4.69) is 10.4 Å². The molecule has 25 heavy (non-hydrogen) atoms. The highest BCUT2D eigenvalue weighted by atomic mass is 16.5. The predicted molar refractivity (Wildman–Crippen MR) is 97.8 cm³/mol. The van der Waals surface area contributed by atoms with Crippen LogP contribution < -0.4 is 15.8 Å². The number of carbonyl (C=O) groups is 1. The van der Waals surface area contributed by atoms with E-state index in [0.717, 1.165) is 22.8 Å². The van der Waals surface area contributed by atoms with Crippen molar-refractivity contribution in [1.82, 2.24) is 9.78 Å². The summed E-state index contributed by atoms with van der Waals surface area (Å²) in [5.74, 6) is 0.794. The van der Waals surface area contributed by atoms with E-state index in [-0.39, 0.29) is 0 Å². The second kappa shape index (κ2) is 6.68. The highest BCUT2D eigenvalue weighted by Gasteiger charge is 2.14. The average molecular weight is 336 g/mol. The molecule has 0 aliphatic carbocycles. The average Bonchev–Trinajstić information content (AvgIpc) is 2.95. The fraction of sp³-hybridized carbons (Fsp3) is 0.158. The number of primary amides is 1. The van der Waals surface area contributed by atoms with Crippen LogP contribution in [0.15, 0.2) is 48.5 Å². The number of para-hydroxylation sites is 1. The molecule has 128 valence electrons. The molecule has 0 fully saturated rings. The summed E-state index contributed by atoms with van der Waals surface area (Å²) in [6.07, 6.45) is 0. The van der Waals surface area contributed by atoms with Gasteiger partial charge in [0.1, 0.15) is 11.6 Å². The van der Waals surface area contributed by atoms with Crippen molar-refractivity contribution < 1.29 is 9.53 Å². The normalized spacial score (nSPS) is 10.5. The molecule has 3 rings (SSSR count). The summed E-state index contributed by atoms with van der Waals surface area (Å²) >= 11 is 0. The third-order valence-corrected chi connectivity index (χ3v) is 3.93. The maximum atomic E-state index is 11.8. The Bertz CT molecular complexity index is 931. The molecule has 1 heterocycles. The van der Waals surface area contributed by atoms with Gasteiger partial charge in [-0.25, -0.2) is 4.68 Å². The van der Waals surface area contributed by atoms with E-state index >= 15 is 0 Å². The molecule has 1 aromatic heterocycles. The van der Waals surface area contributed by atoms with Crippen molar-refractivity contribution in [2.24, 2.45) is 5.73 Å². The van der Waals surface area contributed by atoms with Crippen LogP contribution in [0.3, 0.4) is 0 Å². The first-order valence-corrected chi connectivity index (χ1v) is 7.87. The summed E-state index contributed by atoms with van der Waals surface area (Å²) in [6.45, 7) is 3.95. The molecule has 0 aliphatic rings. The summed E-state index contributed by atoms with van der Waals surface area (Å²) in [5, 5.41) is 7.82. The lowest BCUT2D eigenvalue weighted by Gasteiger charge is -2.14. The molecule has 2 aromatic carbocycles. The summed E-state index contributed by atoms with van der Waals surface area (Å²) in [5.41, 5.74) is 9.39. The van der Waals surface area contributed by atoms with Crippen molar-refractivity contribution in [3.05, 3.63) is 65.4 Å². The Morgan fingerprint density at radius 1 is 1.16 bits per heavy atom. The minimum atomic E-state index is -0.528. The van der Waals surface area contributed by atoms with E-state index in [1.165, 1.54) is 0 Å². The molecule has 0 saturated carbocycles. The molecule has 0 spiro atoms. The van der Waals surface area contributed by atoms with E-state index in [0.29, 0.717) is 17.0 Å². The van der Waals surface area contributed by atoms with Crippen molar-refractivity contribution in [3.8, 4) is 11.4 Å². The third-order valence-electron chi connectivity index (χ3n) is 3.93. The summed E-state index contributed by atoms with van der Waals surface area (Å²) in [6, 6.07) is 15.0. The van der Waals surface area contributed by atoms with E-state index in [1.807, 2.05) is 48.9 Å². The number of nitrogens with two attached hydrogens (primary N) is 1. The number of hydrogen-bond donors (Lipinski definition) is 2. The van der Waals surface area contributed by atoms with Gasteiger partial charge in [0.2, 0.25) is 0 Å². The second-order valence-electron chi connectivity index (χ2n) is 5.77. The van der Waals surface area contributed by atoms with Gasteiger partial charge in [-0.2, -0.15) is 5.10 Å². The van der Waals surface area contributed by atoms with Gasteiger partial charge < -0.3 is 15.8 Å². The van der Waals surface area contributed by atoms with Crippen LogP contribution in [-0.4, -0.2) is 22.8 Å². The highest BCUT2D eigenvalue weighted by molar-refractivity contribution is 5.99. The number of aromatic nitrogens is 2. The van der Waals surface area contributed by atoms with Crippen LogP contribution in [0.25, 0.3) is 5.69 Å². The van der Waals surface area contributed by atoms with Gasteiger partial charge in [-0.1, -0.05) is 18.2 Å². The summed E-state index contributed by atoms with van der Waals surface area (Å²) in [7, 11) is 1.55. The predicted octanol–water partition coefficient (Wildman–Crippen LogP) is 3.34. The van der Waals surface area contributed by atoms with Crippen LogP contribution in [-0.2, 0) is 0 Å². The molecule has 0 atom stereocenters. The zero-order valence-electron chi connectivity index (χ0n) is 14.4. The van der Waals surface area contributed by atoms with Gasteiger partial charge in [0.15, 0.2) is 0 Å². The number of amides is 1. The summed E-state index contributed by atoms with van der Waals surface area (Å²) in [4.78, 5) is 11.8. The maximum Gasteiger partial charge on any atom is 0.250 e. The van der Waals surface area contributed by atoms with Gasteiger partial charge in [-0.15, -0.1) is 0 Å². The number of hydrogen-bond acceptors (Lipinski definition) is 4. The first kappa shape index (κ1) is 16.6. The molecule has 0 aliphatic heterocycles. The Labute approximate surface area is 146 Å². The van der Waals surface area contributed by atoms with E-state index < -0.39 is 5.91 Å². The highest BCUT2D eigenvalue weighted by Crippen LogP contribution is 2.27. The fourth-order valence-corrected chi connectivity index (χ4v) is 2.67. The topological polar surface area (TPSA) is 82.2 Å². The molecule has 6 heteroatoms. The second-order valence-corrected chi connectivity index (χ2v) is 5.77. The Kier molecular flexibility index (Phi) is 4.43. The molecular formula is C19H20N4O2. The van der Waals surface area contributed by atoms with Crippen LogP contribution in [0.1, 0.15) is 21.6 Å². The number of aryl methyl sites for hydroxylation is 2. The van der Waals surface area contributed by atoms with Crippen LogP contribution in [0.5, 0.6) is 5.75 Å². The number of ether oxygens (including phenoxy) is 1. The number of rotatable bonds is 5. The minimum Gasteiger partial charge on any atom is -0.497 e. The fourth-order valence-electron chi connectivity index (χ4n) is 2.67. The van der Waals surface area contributed by atoms with Gasteiger partial charge in [0.25, 0.3) is 5.91 Å². The van der Waals surface area contributed by atoms with Crippen LogP contribution in [0, 0.1) is 13.8 Å². The Morgan fingerprint density at radius 2 is 1.92 bits per heavy atom. The van der Waals surface area contributed by atoms with Gasteiger partial charge in [0.05, 0.1) is 29.7 Å². The lowest BCUT2D eigenvalue weighted by atomic mass is 10.1. The molecule has 3 N–H and O–H groups in total. The van der Waals surface area contributed by atoms with Crippen LogP contribution >= 0.6 is 0 Å². The van der Waals surface area contributed by atoms with Crippen molar-refractivity contribution >= 4 is 17.4 Å². The number of anilines is 2. The van der Waals surface area contributed by atoms with E-state index in [4.69, 9.17) is 10.5 Å². The zero-order chi connectivity index (χ0) is 18.0. The third kappa shape index (κ3) is 3.33. The smallest absolute Gasteiger partial charge is 0.250 e. The number of nitrogens with zero attached hydrogens (tertiary/aromatic N) is 2. The van der Waals surface area contributed by atoms with Gasteiger partial charge in [-0.05, 0) is 43.7 Å². The Morgan fingerprint density at radius 3 is 2.60 bits per heavy atom. The molecule has 3 aromatic rings. The molecule has 0 radical (unpaired) electrons. The van der Waals surface area contributed by atoms with E-state index in [1.54, 1.807) is 25.3 Å². The number of nitrogens with one attached hydrogen (secondary N) is 1. The van der Waals surface area contributed by atoms with Crippen molar-refractivity contribution in [2.45, 2.75) is 13.8 Å². The molecule has 1 amide bonds. The van der Waals surface area contributed by atoms with Crippen LogP contribution in [0.2, 0.25) is 0 Å². The Hall–Kier alpha value is -3.28. The monoisotopic (exact) mass is 336 g/mol. The zero-order valence-corrected chi connectivity index (χ0v) is 14.4. The molecule has 6 nitrogen and oxygen atoms in total. The number of benzene rings is 2. The molecule has 0 unspecified atom stereocenters. The van der Waals surface area contributed by atoms with E-state index in [9.17, 15) is 4.79 Å². The van der Waals surface area contributed by atoms with Gasteiger partial charge in [0, 0.05) is 6.07 Å². The van der Waals surface area contributed by atoms with Crippen molar-refractivity contribution in [3.63, 3.8) is 0 Å². The van der Waals surface area contributed by atoms with Crippen LogP contribution in [0.4, 0.5) is 11.5 Å². The Balaban J connectivity index is 2.06.